The monoisotopic (exact) mass is 261 g/mol. The molecule has 94 valence electrons. The molecule has 0 bridgehead atoms. The Bertz CT molecular complexity index is 563. The number of nitrogens with zero attached hydrogens (tertiary/aromatic N) is 2. The molecule has 1 fully saturated rings. The third kappa shape index (κ3) is 1.95. The van der Waals surface area contributed by atoms with E-state index in [9.17, 15) is 0 Å². The summed E-state index contributed by atoms with van der Waals surface area (Å²) >= 11 is 1.91. The first kappa shape index (κ1) is 11.5. The van der Waals surface area contributed by atoms with Crippen molar-refractivity contribution < 1.29 is 4.74 Å². The summed E-state index contributed by atoms with van der Waals surface area (Å²) in [6.45, 7) is 0. The predicted octanol–water partition coefficient (Wildman–Crippen LogP) is 2.16. The quantitative estimate of drug-likeness (QED) is 0.920. The highest BCUT2D eigenvalue weighted by molar-refractivity contribution is 8.00. The summed E-state index contributed by atoms with van der Waals surface area (Å²) < 4.78 is 7.66. The summed E-state index contributed by atoms with van der Waals surface area (Å²) in [4.78, 5) is 0. The van der Waals surface area contributed by atoms with Crippen molar-refractivity contribution in [2.45, 2.75) is 6.10 Å². The van der Waals surface area contributed by atoms with Gasteiger partial charge in [-0.1, -0.05) is 18.2 Å². The van der Waals surface area contributed by atoms with Crippen LogP contribution in [0.5, 0.6) is 5.75 Å². The molecule has 0 saturated carbocycles. The number of aromatic nitrogens is 2. The van der Waals surface area contributed by atoms with Crippen molar-refractivity contribution in [3.8, 4) is 16.9 Å². The number of anilines is 1. The Labute approximate surface area is 110 Å². The Balaban J connectivity index is 1.97. The summed E-state index contributed by atoms with van der Waals surface area (Å²) in [5.74, 6) is 3.68. The van der Waals surface area contributed by atoms with E-state index >= 15 is 0 Å². The van der Waals surface area contributed by atoms with Gasteiger partial charge in [-0.15, -0.1) is 0 Å². The Hall–Kier alpha value is -1.62. The minimum absolute atomic E-state index is 0.328. The standard InChI is InChI=1S/C13H15N3OS/c1-16-13(14)11(6-15-16)10-4-2-3-5-12(10)17-9-7-18-8-9/h2-6,9H,7-8,14H2,1H3. The fraction of sp³-hybridized carbons (Fsp3) is 0.308. The topological polar surface area (TPSA) is 53.1 Å². The van der Waals surface area contributed by atoms with Gasteiger partial charge in [0.15, 0.2) is 0 Å². The first-order chi connectivity index (χ1) is 8.75. The van der Waals surface area contributed by atoms with E-state index < -0.39 is 0 Å². The van der Waals surface area contributed by atoms with E-state index in [1.807, 2.05) is 43.1 Å². The molecular formula is C13H15N3OS. The molecular weight excluding hydrogens is 246 g/mol. The van der Waals surface area contributed by atoms with Gasteiger partial charge in [0.05, 0.1) is 6.20 Å². The third-order valence-electron chi connectivity index (χ3n) is 3.06. The minimum Gasteiger partial charge on any atom is -0.488 e. The molecule has 1 saturated heterocycles. The van der Waals surface area contributed by atoms with Crippen LogP contribution in [0.2, 0.25) is 0 Å². The number of hydrogen-bond donors (Lipinski definition) is 1. The van der Waals surface area contributed by atoms with Gasteiger partial charge >= 0.3 is 0 Å². The molecule has 0 unspecified atom stereocenters. The van der Waals surface area contributed by atoms with Crippen molar-refractivity contribution in [1.82, 2.24) is 9.78 Å². The van der Waals surface area contributed by atoms with Gasteiger partial charge < -0.3 is 10.5 Å². The molecule has 0 aliphatic carbocycles. The zero-order chi connectivity index (χ0) is 12.5. The van der Waals surface area contributed by atoms with Gasteiger partial charge in [-0.25, -0.2) is 0 Å². The average molecular weight is 261 g/mol. The van der Waals surface area contributed by atoms with Crippen LogP contribution in [0, 0.1) is 0 Å². The Morgan fingerprint density at radius 1 is 1.33 bits per heavy atom. The fourth-order valence-electron chi connectivity index (χ4n) is 1.91. The second kappa shape index (κ2) is 4.57. The number of hydrogen-bond acceptors (Lipinski definition) is 4. The Morgan fingerprint density at radius 2 is 2.11 bits per heavy atom. The molecule has 3 rings (SSSR count). The largest absolute Gasteiger partial charge is 0.488 e. The smallest absolute Gasteiger partial charge is 0.129 e. The number of aryl methyl sites for hydroxylation is 1. The van der Waals surface area contributed by atoms with Crippen molar-refractivity contribution in [1.29, 1.82) is 0 Å². The molecule has 1 aromatic carbocycles. The van der Waals surface area contributed by atoms with Crippen LogP contribution in [-0.2, 0) is 7.05 Å². The highest BCUT2D eigenvalue weighted by Gasteiger charge is 2.22. The molecule has 2 heterocycles. The van der Waals surface area contributed by atoms with Crippen LogP contribution in [0.1, 0.15) is 0 Å². The molecule has 2 aromatic rings. The van der Waals surface area contributed by atoms with E-state index in [0.29, 0.717) is 11.9 Å². The van der Waals surface area contributed by atoms with Crippen molar-refractivity contribution in [3.05, 3.63) is 30.5 Å². The maximum atomic E-state index is 6.02. The van der Waals surface area contributed by atoms with Crippen molar-refractivity contribution in [3.63, 3.8) is 0 Å². The SMILES string of the molecule is Cn1ncc(-c2ccccc2OC2CSC2)c1N. The predicted molar refractivity (Wildman–Crippen MR) is 74.8 cm³/mol. The number of rotatable bonds is 3. The number of para-hydroxylation sites is 1. The van der Waals surface area contributed by atoms with Gasteiger partial charge in [0.25, 0.3) is 0 Å². The molecule has 4 nitrogen and oxygen atoms in total. The molecule has 1 aromatic heterocycles. The van der Waals surface area contributed by atoms with Crippen LogP contribution in [0.15, 0.2) is 30.5 Å². The highest BCUT2D eigenvalue weighted by atomic mass is 32.2. The number of benzene rings is 1. The summed E-state index contributed by atoms with van der Waals surface area (Å²) in [6, 6.07) is 7.99. The normalized spacial score (nSPS) is 15.4. The lowest BCUT2D eigenvalue weighted by Crippen LogP contribution is -2.31. The third-order valence-corrected chi connectivity index (χ3v) is 4.28. The van der Waals surface area contributed by atoms with Crippen LogP contribution in [0.4, 0.5) is 5.82 Å². The number of nitrogens with two attached hydrogens (primary N) is 1. The van der Waals surface area contributed by atoms with Crippen molar-refractivity contribution in [2.75, 3.05) is 17.2 Å². The molecule has 18 heavy (non-hydrogen) atoms. The van der Waals surface area contributed by atoms with E-state index in [1.165, 1.54) is 0 Å². The Morgan fingerprint density at radius 3 is 2.72 bits per heavy atom. The number of nitrogen functional groups attached to an aromatic ring is 1. The summed E-state index contributed by atoms with van der Waals surface area (Å²) in [7, 11) is 1.84. The van der Waals surface area contributed by atoms with Gasteiger partial charge in [-0.3, -0.25) is 4.68 Å². The van der Waals surface area contributed by atoms with E-state index in [1.54, 1.807) is 10.9 Å². The van der Waals surface area contributed by atoms with Gasteiger partial charge in [0, 0.05) is 29.7 Å². The number of ether oxygens (including phenoxy) is 1. The molecule has 1 aliphatic rings. The lowest BCUT2D eigenvalue weighted by atomic mass is 10.1. The van der Waals surface area contributed by atoms with Crippen LogP contribution in [-0.4, -0.2) is 27.4 Å². The molecule has 1 aliphatic heterocycles. The lowest BCUT2D eigenvalue weighted by Gasteiger charge is -2.26. The van der Waals surface area contributed by atoms with Crippen LogP contribution in [0.3, 0.4) is 0 Å². The minimum atomic E-state index is 0.328. The summed E-state index contributed by atoms with van der Waals surface area (Å²) in [5.41, 5.74) is 7.97. The van der Waals surface area contributed by atoms with Crippen LogP contribution in [0.25, 0.3) is 11.1 Å². The first-order valence-corrected chi connectivity index (χ1v) is 7.02. The van der Waals surface area contributed by atoms with E-state index in [-0.39, 0.29) is 0 Å². The van der Waals surface area contributed by atoms with Gasteiger partial charge in [0.1, 0.15) is 17.7 Å². The first-order valence-electron chi connectivity index (χ1n) is 5.87. The zero-order valence-electron chi connectivity index (χ0n) is 10.2. The van der Waals surface area contributed by atoms with Gasteiger partial charge in [-0.05, 0) is 6.07 Å². The van der Waals surface area contributed by atoms with Gasteiger partial charge in [-0.2, -0.15) is 16.9 Å². The van der Waals surface area contributed by atoms with E-state index in [2.05, 4.69) is 5.10 Å². The van der Waals surface area contributed by atoms with E-state index in [4.69, 9.17) is 10.5 Å². The maximum absolute atomic E-state index is 6.02. The molecule has 0 radical (unpaired) electrons. The van der Waals surface area contributed by atoms with Crippen LogP contribution < -0.4 is 10.5 Å². The number of thioether (sulfide) groups is 1. The average Bonchev–Trinajstić information content (AvgIpc) is 2.66. The van der Waals surface area contributed by atoms with Crippen molar-refractivity contribution >= 4 is 17.6 Å². The second-order valence-electron chi connectivity index (χ2n) is 4.34. The Kier molecular flexibility index (Phi) is 2.91. The highest BCUT2D eigenvalue weighted by Crippen LogP contribution is 2.35. The summed E-state index contributed by atoms with van der Waals surface area (Å²) in [6.07, 6.45) is 2.11. The molecule has 2 N–H and O–H groups in total. The molecule has 5 heteroatoms. The molecule has 0 amide bonds. The van der Waals surface area contributed by atoms with Crippen LogP contribution >= 0.6 is 11.8 Å². The fourth-order valence-corrected chi connectivity index (χ4v) is 2.47. The van der Waals surface area contributed by atoms with Gasteiger partial charge in [0.2, 0.25) is 0 Å². The van der Waals surface area contributed by atoms with Crippen molar-refractivity contribution in [2.24, 2.45) is 7.05 Å². The maximum Gasteiger partial charge on any atom is 0.129 e. The summed E-state index contributed by atoms with van der Waals surface area (Å²) in [5, 5.41) is 4.18. The zero-order valence-corrected chi connectivity index (χ0v) is 11.0. The molecule has 0 atom stereocenters. The lowest BCUT2D eigenvalue weighted by molar-refractivity contribution is 0.241. The second-order valence-corrected chi connectivity index (χ2v) is 5.42. The van der Waals surface area contributed by atoms with E-state index in [0.717, 1.165) is 28.4 Å². The molecule has 0 spiro atoms.